The molecule has 0 saturated carbocycles. The molecule has 146 valence electrons. The summed E-state index contributed by atoms with van der Waals surface area (Å²) in [6.07, 6.45) is -1.52. The highest BCUT2D eigenvalue weighted by Gasteiger charge is 2.43. The van der Waals surface area contributed by atoms with E-state index in [0.717, 1.165) is 0 Å². The molecule has 27 heavy (non-hydrogen) atoms. The Bertz CT molecular complexity index is 743. The average molecular weight is 382 g/mol. The van der Waals surface area contributed by atoms with Gasteiger partial charge in [-0.05, 0) is 11.6 Å². The maximum absolute atomic E-state index is 13.5. The zero-order valence-corrected chi connectivity index (χ0v) is 14.6. The molecule has 0 bridgehead atoms. The second kappa shape index (κ2) is 8.49. The van der Waals surface area contributed by atoms with Gasteiger partial charge in [0.1, 0.15) is 18.7 Å². The lowest BCUT2D eigenvalue weighted by Gasteiger charge is -2.36. The van der Waals surface area contributed by atoms with E-state index >= 15 is 0 Å². The number of benzene rings is 1. The third kappa shape index (κ3) is 5.04. The number of alkyl halides is 3. The highest BCUT2D eigenvalue weighted by atomic mass is 19.4. The zero-order chi connectivity index (χ0) is 19.3. The first-order chi connectivity index (χ1) is 12.9. The lowest BCUT2D eigenvalue weighted by Crippen LogP contribution is -2.57. The molecule has 0 spiro atoms. The van der Waals surface area contributed by atoms with Crippen LogP contribution < -0.4 is 10.6 Å². The fourth-order valence-corrected chi connectivity index (χ4v) is 3.10. The van der Waals surface area contributed by atoms with E-state index in [1.54, 1.807) is 28.9 Å². The van der Waals surface area contributed by atoms with Gasteiger partial charge in [-0.3, -0.25) is 9.69 Å². The van der Waals surface area contributed by atoms with Gasteiger partial charge in [0.15, 0.2) is 0 Å². The van der Waals surface area contributed by atoms with E-state index in [9.17, 15) is 18.0 Å². The van der Waals surface area contributed by atoms with Crippen LogP contribution in [0.5, 0.6) is 0 Å². The summed E-state index contributed by atoms with van der Waals surface area (Å²) >= 11 is 0. The molecule has 7 nitrogen and oxygen atoms in total. The van der Waals surface area contributed by atoms with E-state index in [0.29, 0.717) is 43.9 Å². The van der Waals surface area contributed by atoms with Crippen molar-refractivity contribution in [3.63, 3.8) is 0 Å². The Morgan fingerprint density at radius 2 is 2.00 bits per heavy atom. The molecule has 2 aromatic rings. The molecular weight excluding hydrogens is 361 g/mol. The van der Waals surface area contributed by atoms with Crippen molar-refractivity contribution < 1.29 is 18.0 Å². The van der Waals surface area contributed by atoms with E-state index in [1.165, 1.54) is 17.6 Å². The van der Waals surface area contributed by atoms with Crippen molar-refractivity contribution in [2.45, 2.75) is 18.8 Å². The largest absolute Gasteiger partial charge is 0.405 e. The lowest BCUT2D eigenvalue weighted by atomic mass is 10.1. The summed E-state index contributed by atoms with van der Waals surface area (Å²) in [5, 5.41) is 9.48. The summed E-state index contributed by atoms with van der Waals surface area (Å²) in [7, 11) is 0. The number of nitrogens with zero attached hydrogens (tertiary/aromatic N) is 4. The van der Waals surface area contributed by atoms with Crippen LogP contribution in [-0.4, -0.2) is 70.5 Å². The number of halogens is 3. The molecule has 1 amide bonds. The number of nitrogens with one attached hydrogen (secondary N) is 2. The third-order valence-electron chi connectivity index (χ3n) is 4.49. The fourth-order valence-electron chi connectivity index (χ4n) is 3.10. The van der Waals surface area contributed by atoms with Crippen molar-refractivity contribution in [1.82, 2.24) is 30.3 Å². The molecule has 1 aliphatic rings. The predicted octanol–water partition coefficient (Wildman–Crippen LogP) is 0.892. The van der Waals surface area contributed by atoms with Crippen LogP contribution in [0.25, 0.3) is 0 Å². The molecule has 1 saturated heterocycles. The quantitative estimate of drug-likeness (QED) is 0.776. The minimum atomic E-state index is -4.41. The Balaban J connectivity index is 1.69. The first-order valence-corrected chi connectivity index (χ1v) is 8.65. The van der Waals surface area contributed by atoms with Crippen molar-refractivity contribution >= 4 is 5.91 Å². The first-order valence-electron chi connectivity index (χ1n) is 8.65. The number of aromatic nitrogens is 3. The number of rotatable bonds is 6. The molecule has 1 aromatic carbocycles. The number of carbonyl (C=O) groups is 1. The lowest BCUT2D eigenvalue weighted by molar-refractivity contribution is -0.183. The van der Waals surface area contributed by atoms with E-state index in [2.05, 4.69) is 20.7 Å². The molecule has 1 aromatic heterocycles. The van der Waals surface area contributed by atoms with Crippen LogP contribution in [0, 0.1) is 0 Å². The second-order valence-corrected chi connectivity index (χ2v) is 6.30. The Morgan fingerprint density at radius 1 is 1.26 bits per heavy atom. The maximum atomic E-state index is 13.5. The van der Waals surface area contributed by atoms with Gasteiger partial charge in [0.05, 0.1) is 6.54 Å². The van der Waals surface area contributed by atoms with Gasteiger partial charge >= 0.3 is 6.18 Å². The molecule has 1 atom stereocenters. The van der Waals surface area contributed by atoms with Gasteiger partial charge in [-0.25, -0.2) is 9.67 Å². The minimum absolute atomic E-state index is 0.295. The van der Waals surface area contributed by atoms with Gasteiger partial charge in [-0.2, -0.15) is 18.3 Å². The zero-order valence-electron chi connectivity index (χ0n) is 14.6. The van der Waals surface area contributed by atoms with Crippen LogP contribution in [0.3, 0.4) is 0 Å². The van der Waals surface area contributed by atoms with Crippen LogP contribution in [0.1, 0.15) is 15.9 Å². The summed E-state index contributed by atoms with van der Waals surface area (Å²) in [6.45, 7) is 1.42. The highest BCUT2D eigenvalue weighted by molar-refractivity contribution is 5.95. The van der Waals surface area contributed by atoms with Gasteiger partial charge in [0.25, 0.3) is 5.91 Å². The molecule has 1 aliphatic heterocycles. The van der Waals surface area contributed by atoms with Crippen LogP contribution in [0.15, 0.2) is 36.9 Å². The maximum Gasteiger partial charge on any atom is 0.405 e. The molecule has 3 rings (SSSR count). The van der Waals surface area contributed by atoms with Gasteiger partial charge < -0.3 is 10.6 Å². The van der Waals surface area contributed by atoms with Gasteiger partial charge in [-0.15, -0.1) is 0 Å². The van der Waals surface area contributed by atoms with Crippen LogP contribution in [0.4, 0.5) is 13.2 Å². The second-order valence-electron chi connectivity index (χ2n) is 6.30. The summed E-state index contributed by atoms with van der Waals surface area (Å²) in [5.41, 5.74) is 0.987. The average Bonchev–Trinajstić information content (AvgIpc) is 3.15. The predicted molar refractivity (Wildman–Crippen MR) is 92.2 cm³/mol. The Hall–Kier alpha value is -2.46. The number of amides is 1. The number of hydrogen-bond acceptors (Lipinski definition) is 5. The summed E-state index contributed by atoms with van der Waals surface area (Å²) in [4.78, 5) is 17.8. The molecular formula is C17H21F3N6O. The van der Waals surface area contributed by atoms with Crippen molar-refractivity contribution in [3.8, 4) is 0 Å². The molecule has 0 radical (unpaired) electrons. The molecule has 2 N–H and O–H groups in total. The Labute approximate surface area is 154 Å². The topological polar surface area (TPSA) is 75.1 Å². The van der Waals surface area contributed by atoms with Crippen LogP contribution >= 0.6 is 0 Å². The van der Waals surface area contributed by atoms with Gasteiger partial charge in [0, 0.05) is 38.3 Å². The van der Waals surface area contributed by atoms with E-state index in [1.807, 2.05) is 0 Å². The molecule has 2 heterocycles. The van der Waals surface area contributed by atoms with Crippen molar-refractivity contribution in [2.24, 2.45) is 0 Å². The van der Waals surface area contributed by atoms with E-state index in [4.69, 9.17) is 0 Å². The van der Waals surface area contributed by atoms with E-state index in [-0.39, 0.29) is 0 Å². The SMILES string of the molecule is O=C(NCC(N1CCNCC1)C(F)(F)F)c1ccccc1Cn1cncn1. The Morgan fingerprint density at radius 3 is 2.67 bits per heavy atom. The van der Waals surface area contributed by atoms with Gasteiger partial charge in [0.2, 0.25) is 0 Å². The van der Waals surface area contributed by atoms with Crippen LogP contribution in [-0.2, 0) is 6.54 Å². The molecule has 1 fully saturated rings. The summed E-state index contributed by atoms with van der Waals surface area (Å²) < 4.78 is 41.9. The summed E-state index contributed by atoms with van der Waals surface area (Å²) in [6, 6.07) is 5.08. The number of hydrogen-bond donors (Lipinski definition) is 2. The smallest absolute Gasteiger partial charge is 0.350 e. The third-order valence-corrected chi connectivity index (χ3v) is 4.49. The van der Waals surface area contributed by atoms with Gasteiger partial charge in [-0.1, -0.05) is 18.2 Å². The monoisotopic (exact) mass is 382 g/mol. The highest BCUT2D eigenvalue weighted by Crippen LogP contribution is 2.25. The number of piperazine rings is 1. The van der Waals surface area contributed by atoms with Crippen molar-refractivity contribution in [3.05, 3.63) is 48.0 Å². The van der Waals surface area contributed by atoms with Crippen molar-refractivity contribution in [1.29, 1.82) is 0 Å². The van der Waals surface area contributed by atoms with Crippen molar-refractivity contribution in [2.75, 3.05) is 32.7 Å². The standard InChI is InChI=1S/C17H21F3N6O/c18-17(19,20)15(25-7-5-21-6-8-25)9-23-16(27)14-4-2-1-3-13(14)10-26-12-22-11-24-26/h1-4,11-12,15,21H,5-10H2,(H,23,27). The molecule has 1 unspecified atom stereocenters. The Kier molecular flexibility index (Phi) is 6.07. The minimum Gasteiger partial charge on any atom is -0.350 e. The number of carbonyl (C=O) groups excluding carboxylic acids is 1. The molecule has 0 aliphatic carbocycles. The first kappa shape index (κ1) is 19.3. The fraction of sp³-hybridized carbons (Fsp3) is 0.471. The molecule has 10 heteroatoms. The van der Waals surface area contributed by atoms with E-state index < -0.39 is 24.7 Å². The van der Waals surface area contributed by atoms with Crippen LogP contribution in [0.2, 0.25) is 0 Å². The normalized spacial score (nSPS) is 16.9. The summed E-state index contributed by atoms with van der Waals surface area (Å²) in [5.74, 6) is -0.532.